The number of hydrogen-bond acceptors (Lipinski definition) is 4. The Morgan fingerprint density at radius 2 is 1.05 bits per heavy atom. The van der Waals surface area contributed by atoms with Crippen LogP contribution in [0.25, 0.3) is 0 Å². The Hall–Kier alpha value is -2.92. The number of nitrogens with one attached hydrogen (secondary N) is 2. The predicted octanol–water partition coefficient (Wildman–Crippen LogP) is 4.44. The van der Waals surface area contributed by atoms with Crippen molar-refractivity contribution in [3.8, 4) is 11.5 Å². The fourth-order valence-electron chi connectivity index (χ4n) is 6.36. The van der Waals surface area contributed by atoms with Crippen LogP contribution >= 0.6 is 23.2 Å². The van der Waals surface area contributed by atoms with Crippen LogP contribution in [0.2, 0.25) is 10.0 Å². The number of carbonyl (C=O) groups is 2. The lowest BCUT2D eigenvalue weighted by Crippen LogP contribution is -2.65. The lowest BCUT2D eigenvalue weighted by Gasteiger charge is -2.46. The van der Waals surface area contributed by atoms with Gasteiger partial charge in [0.25, 0.3) is 0 Å². The second-order valence-corrected chi connectivity index (χ2v) is 12.2. The molecule has 3 aliphatic heterocycles. The van der Waals surface area contributed by atoms with Crippen molar-refractivity contribution in [2.45, 2.75) is 6.42 Å². The molecule has 0 atom stereocenters. The van der Waals surface area contributed by atoms with Crippen molar-refractivity contribution in [1.29, 1.82) is 0 Å². The summed E-state index contributed by atoms with van der Waals surface area (Å²) in [7, 11) is 3.14. The maximum Gasteiger partial charge on any atom is 0.322 e. The van der Waals surface area contributed by atoms with E-state index in [1.54, 1.807) is 50.6 Å². The first kappa shape index (κ1) is 29.6. The molecule has 3 fully saturated rings. The molecule has 2 aromatic rings. The summed E-state index contributed by atoms with van der Waals surface area (Å²) in [5.74, 6) is 1.17. The van der Waals surface area contributed by atoms with Crippen LogP contribution < -0.4 is 20.1 Å². The maximum atomic E-state index is 12.9. The van der Waals surface area contributed by atoms with Gasteiger partial charge in [-0.05, 0) is 36.4 Å². The van der Waals surface area contributed by atoms with E-state index in [4.69, 9.17) is 32.7 Å². The summed E-state index contributed by atoms with van der Waals surface area (Å²) in [6.45, 7) is 11.3. The first-order valence-electron chi connectivity index (χ1n) is 14.2. The number of hydrogen-bond donors (Lipinski definition) is 2. The number of piperazine rings is 2. The average molecular weight is 608 g/mol. The second kappa shape index (κ2) is 12.5. The van der Waals surface area contributed by atoms with Gasteiger partial charge in [0, 0.05) is 17.8 Å². The summed E-state index contributed by atoms with van der Waals surface area (Å²) in [6, 6.07) is 10.4. The molecule has 2 aromatic carbocycles. The number of ether oxygens (including phenoxy) is 2. The third kappa shape index (κ3) is 6.77. The number of carbonyl (C=O) groups excluding carboxylic acids is 2. The summed E-state index contributed by atoms with van der Waals surface area (Å²) in [5.41, 5.74) is 1.33. The van der Waals surface area contributed by atoms with Crippen LogP contribution in [-0.4, -0.2) is 124 Å². The number of anilines is 2. The Morgan fingerprint density at radius 3 is 1.39 bits per heavy atom. The van der Waals surface area contributed by atoms with E-state index >= 15 is 0 Å². The minimum absolute atomic E-state index is 0.0892. The zero-order valence-corrected chi connectivity index (χ0v) is 25.3. The zero-order valence-electron chi connectivity index (χ0n) is 23.8. The van der Waals surface area contributed by atoms with Crippen molar-refractivity contribution < 1.29 is 28.0 Å². The molecule has 0 saturated carbocycles. The Labute approximate surface area is 251 Å². The van der Waals surface area contributed by atoms with Gasteiger partial charge >= 0.3 is 12.1 Å². The number of rotatable bonds is 4. The van der Waals surface area contributed by atoms with Crippen molar-refractivity contribution in [1.82, 2.24) is 9.80 Å². The van der Waals surface area contributed by atoms with Crippen molar-refractivity contribution in [3.05, 3.63) is 46.4 Å². The largest absolute Gasteiger partial charge is 0.495 e. The molecule has 0 unspecified atom stereocenters. The number of amides is 4. The van der Waals surface area contributed by atoms with Gasteiger partial charge in [-0.15, -0.1) is 0 Å². The number of methoxy groups -OCH3 is 2. The van der Waals surface area contributed by atoms with Crippen LogP contribution in [-0.2, 0) is 0 Å². The molecule has 5 rings (SSSR count). The van der Waals surface area contributed by atoms with E-state index in [0.29, 0.717) is 32.9 Å². The molecule has 3 saturated heterocycles. The molecule has 2 N–H and O–H groups in total. The van der Waals surface area contributed by atoms with Crippen LogP contribution in [0.5, 0.6) is 11.5 Å². The van der Waals surface area contributed by atoms with Gasteiger partial charge in [0.05, 0.1) is 89.7 Å². The third-order valence-electron chi connectivity index (χ3n) is 9.07. The fraction of sp³-hybridized carbons (Fsp3) is 0.517. The van der Waals surface area contributed by atoms with Gasteiger partial charge in [-0.25, -0.2) is 9.59 Å². The molecule has 41 heavy (non-hydrogen) atoms. The van der Waals surface area contributed by atoms with Gasteiger partial charge in [-0.3, -0.25) is 0 Å². The summed E-state index contributed by atoms with van der Waals surface area (Å²) >= 11 is 12.4. The lowest BCUT2D eigenvalue weighted by atomic mass is 10.2. The van der Waals surface area contributed by atoms with Crippen LogP contribution in [0, 0.1) is 0 Å². The Balaban J connectivity index is 1.09. The van der Waals surface area contributed by atoms with Crippen LogP contribution in [0.1, 0.15) is 6.42 Å². The minimum atomic E-state index is -0.0892. The van der Waals surface area contributed by atoms with Crippen LogP contribution in [0.15, 0.2) is 36.4 Å². The highest BCUT2D eigenvalue weighted by molar-refractivity contribution is 6.32. The molecule has 0 radical (unpaired) electrons. The number of nitrogens with zero attached hydrogens (tertiary/aromatic N) is 4. The van der Waals surface area contributed by atoms with Crippen molar-refractivity contribution >= 4 is 46.6 Å². The summed E-state index contributed by atoms with van der Waals surface area (Å²) < 4.78 is 12.5. The monoisotopic (exact) mass is 606 g/mol. The number of quaternary nitrogens is 2. The Bertz CT molecular complexity index is 1170. The first-order valence-corrected chi connectivity index (χ1v) is 15.0. The molecular weight excluding hydrogens is 567 g/mol. The number of urea groups is 2. The van der Waals surface area contributed by atoms with E-state index in [-0.39, 0.29) is 12.1 Å². The van der Waals surface area contributed by atoms with Crippen molar-refractivity contribution in [3.63, 3.8) is 0 Å². The molecule has 10 nitrogen and oxygen atoms in total. The highest BCUT2D eigenvalue weighted by atomic mass is 35.5. The molecule has 0 aliphatic carbocycles. The fourth-order valence-corrected chi connectivity index (χ4v) is 6.88. The third-order valence-corrected chi connectivity index (χ3v) is 9.66. The minimum Gasteiger partial charge on any atom is -0.495 e. The summed E-state index contributed by atoms with van der Waals surface area (Å²) in [4.78, 5) is 29.7. The molecule has 0 bridgehead atoms. The van der Waals surface area contributed by atoms with E-state index < -0.39 is 0 Å². The molecule has 4 amide bonds. The van der Waals surface area contributed by atoms with Crippen LogP contribution in [0.4, 0.5) is 21.0 Å². The lowest BCUT2D eigenvalue weighted by molar-refractivity contribution is -0.966. The standard InChI is InChI=1S/C29H38Cl2N6O4/c1-40-26-6-4-22(20-24(26)30)32-28(38)34-8-14-36(15-9-34)12-3-13-37(19-18-36)16-10-35(11-17-37)29(39)33-23-5-7-27(41-2)25(31)21-23/h4-7,20-21H,3,8-19H2,1-2H3/p+2. The Morgan fingerprint density at radius 1 is 0.659 bits per heavy atom. The van der Waals surface area contributed by atoms with Crippen molar-refractivity contribution in [2.24, 2.45) is 0 Å². The van der Waals surface area contributed by atoms with Gasteiger partial charge in [-0.2, -0.15) is 0 Å². The molecule has 222 valence electrons. The molecule has 2 spiro atoms. The highest BCUT2D eigenvalue weighted by Gasteiger charge is 2.43. The molecule has 3 heterocycles. The van der Waals surface area contributed by atoms with Gasteiger partial charge in [-0.1, -0.05) is 23.2 Å². The van der Waals surface area contributed by atoms with E-state index in [1.807, 2.05) is 9.80 Å². The smallest absolute Gasteiger partial charge is 0.322 e. The van der Waals surface area contributed by atoms with Gasteiger partial charge < -0.3 is 38.9 Å². The van der Waals surface area contributed by atoms with Crippen LogP contribution in [0.3, 0.4) is 0 Å². The molecule has 12 heteroatoms. The van der Waals surface area contributed by atoms with E-state index in [1.165, 1.54) is 0 Å². The normalized spacial score (nSPS) is 19.9. The SMILES string of the molecule is COc1ccc(NC(=O)N2CC[N+]3(CCC[N+]4(CCN(C(=O)Nc5ccc(OC)c(Cl)c5)CC4)CC3)CC2)cc1Cl. The van der Waals surface area contributed by atoms with Crippen molar-refractivity contribution in [2.75, 3.05) is 103 Å². The van der Waals surface area contributed by atoms with E-state index in [0.717, 1.165) is 93.9 Å². The zero-order chi connectivity index (χ0) is 29.0. The molecular formula is C29H40Cl2N6O4+2. The van der Waals surface area contributed by atoms with E-state index in [2.05, 4.69) is 10.6 Å². The first-order chi connectivity index (χ1) is 19.7. The average Bonchev–Trinajstić information content (AvgIpc) is 3.13. The molecule has 3 aliphatic rings. The topological polar surface area (TPSA) is 83.1 Å². The van der Waals surface area contributed by atoms with Gasteiger partial charge in [0.2, 0.25) is 0 Å². The van der Waals surface area contributed by atoms with E-state index in [9.17, 15) is 9.59 Å². The number of benzene rings is 2. The molecule has 0 aromatic heterocycles. The Kier molecular flexibility index (Phi) is 9.03. The highest BCUT2D eigenvalue weighted by Crippen LogP contribution is 2.29. The predicted molar refractivity (Wildman–Crippen MR) is 161 cm³/mol. The quantitative estimate of drug-likeness (QED) is 0.504. The summed E-state index contributed by atoms with van der Waals surface area (Å²) in [5, 5.41) is 6.90. The number of halogens is 2. The maximum absolute atomic E-state index is 12.9. The summed E-state index contributed by atoms with van der Waals surface area (Å²) in [6.07, 6.45) is 1.16. The second-order valence-electron chi connectivity index (χ2n) is 11.4. The van der Waals surface area contributed by atoms with Gasteiger partial charge in [0.15, 0.2) is 0 Å². The van der Waals surface area contributed by atoms with Gasteiger partial charge in [0.1, 0.15) is 24.6 Å².